The van der Waals surface area contributed by atoms with Gasteiger partial charge in [-0.15, -0.1) is 0 Å². The van der Waals surface area contributed by atoms with Gasteiger partial charge in [-0.2, -0.15) is 0 Å². The minimum atomic E-state index is -2.25. The molecule has 0 saturated carbocycles. The Hall–Kier alpha value is -1.90. The van der Waals surface area contributed by atoms with Gasteiger partial charge in [-0.25, -0.2) is 4.79 Å². The lowest BCUT2D eigenvalue weighted by molar-refractivity contribution is -0.192. The van der Waals surface area contributed by atoms with Crippen LogP contribution in [0.25, 0.3) is 0 Å². The fourth-order valence-electron chi connectivity index (χ4n) is 5.39. The van der Waals surface area contributed by atoms with Crippen molar-refractivity contribution in [2.45, 2.75) is 89.7 Å². The van der Waals surface area contributed by atoms with Crippen molar-refractivity contribution < 1.29 is 23.5 Å². The molecule has 2 unspecified atom stereocenters. The van der Waals surface area contributed by atoms with Gasteiger partial charge in [-0.3, -0.25) is 9.69 Å². The van der Waals surface area contributed by atoms with Gasteiger partial charge in [0.1, 0.15) is 12.6 Å². The molecule has 0 spiro atoms. The molecule has 4 atom stereocenters. The van der Waals surface area contributed by atoms with Crippen molar-refractivity contribution in [1.82, 2.24) is 10.2 Å². The van der Waals surface area contributed by atoms with Gasteiger partial charge in [0, 0.05) is 0 Å². The molecule has 0 aliphatic carbocycles. The molecular formula is C23H36N2O5Si. The number of nitrogens with one attached hydrogen (secondary N) is 1. The highest BCUT2D eigenvalue weighted by molar-refractivity contribution is 6.77. The van der Waals surface area contributed by atoms with E-state index in [1.165, 1.54) is 4.90 Å². The van der Waals surface area contributed by atoms with E-state index in [2.05, 4.69) is 46.9 Å². The molecule has 172 valence electrons. The first-order valence-electron chi connectivity index (χ1n) is 11.2. The first kappa shape index (κ1) is 23.8. The van der Waals surface area contributed by atoms with Crippen molar-refractivity contribution >= 4 is 20.3 Å². The molecule has 2 heterocycles. The van der Waals surface area contributed by atoms with Gasteiger partial charge >= 0.3 is 6.09 Å². The van der Waals surface area contributed by atoms with Crippen LogP contribution in [0.2, 0.25) is 16.6 Å². The van der Waals surface area contributed by atoms with Crippen LogP contribution in [0.4, 0.5) is 4.79 Å². The van der Waals surface area contributed by atoms with E-state index >= 15 is 0 Å². The zero-order valence-corrected chi connectivity index (χ0v) is 20.6. The van der Waals surface area contributed by atoms with Crippen molar-refractivity contribution in [3.05, 3.63) is 35.9 Å². The van der Waals surface area contributed by atoms with Crippen LogP contribution in [0, 0.1) is 0 Å². The van der Waals surface area contributed by atoms with Crippen LogP contribution in [0.15, 0.2) is 30.3 Å². The largest absolute Gasteiger partial charge is 0.447 e. The standard InChI is InChI=1S/C23H36N2O5Si/c1-14(2)31(15(3)4,16(5)6)30-22-24-21(26)20(17(7)29-22)25-19(13-28-23(25)27)18-11-9-8-10-12-18/h8-12,14-17,19-20,22H,13H2,1-7H3,(H,24,26)/t17?,19-,20?,22-/m1/s1. The van der Waals surface area contributed by atoms with Gasteiger partial charge < -0.3 is 19.2 Å². The zero-order chi connectivity index (χ0) is 22.9. The third kappa shape index (κ3) is 4.38. The second kappa shape index (κ2) is 9.30. The molecule has 2 saturated heterocycles. The highest BCUT2D eigenvalue weighted by atomic mass is 28.4. The Morgan fingerprint density at radius 3 is 2.13 bits per heavy atom. The summed E-state index contributed by atoms with van der Waals surface area (Å²) in [4.78, 5) is 27.3. The molecular weight excluding hydrogens is 412 g/mol. The van der Waals surface area contributed by atoms with Gasteiger partial charge in [0.25, 0.3) is 0 Å². The maximum absolute atomic E-state index is 13.2. The Kier molecular flexibility index (Phi) is 7.13. The Labute approximate surface area is 186 Å². The number of rotatable bonds is 7. The molecule has 1 N–H and O–H groups in total. The topological polar surface area (TPSA) is 77.1 Å². The van der Waals surface area contributed by atoms with E-state index in [1.807, 2.05) is 37.3 Å². The quantitative estimate of drug-likeness (QED) is 0.619. The molecule has 2 aliphatic heterocycles. The zero-order valence-electron chi connectivity index (χ0n) is 19.6. The summed E-state index contributed by atoms with van der Waals surface area (Å²) in [6.07, 6.45) is -1.85. The number of ether oxygens (including phenoxy) is 2. The molecule has 1 aromatic rings. The predicted octanol–water partition coefficient (Wildman–Crippen LogP) is 4.56. The Bertz CT molecular complexity index is 764. The van der Waals surface area contributed by atoms with Gasteiger partial charge in [0.2, 0.25) is 20.6 Å². The summed E-state index contributed by atoms with van der Waals surface area (Å²) in [7, 11) is -2.25. The molecule has 2 amide bonds. The Balaban J connectivity index is 1.81. The highest BCUT2D eigenvalue weighted by Crippen LogP contribution is 2.43. The van der Waals surface area contributed by atoms with E-state index < -0.39 is 33.0 Å². The molecule has 2 aliphatic rings. The lowest BCUT2D eigenvalue weighted by Crippen LogP contribution is -2.65. The van der Waals surface area contributed by atoms with E-state index in [4.69, 9.17) is 13.9 Å². The second-order valence-electron chi connectivity index (χ2n) is 9.47. The van der Waals surface area contributed by atoms with Gasteiger partial charge in [0.05, 0.1) is 12.1 Å². The first-order valence-corrected chi connectivity index (χ1v) is 13.4. The summed E-state index contributed by atoms with van der Waals surface area (Å²) < 4.78 is 18.1. The highest BCUT2D eigenvalue weighted by Gasteiger charge is 2.52. The summed E-state index contributed by atoms with van der Waals surface area (Å²) in [5, 5.41) is 2.89. The lowest BCUT2D eigenvalue weighted by Gasteiger charge is -2.47. The summed E-state index contributed by atoms with van der Waals surface area (Å²) in [6, 6.07) is 8.50. The van der Waals surface area contributed by atoms with Crippen LogP contribution in [0.3, 0.4) is 0 Å². The van der Waals surface area contributed by atoms with E-state index in [9.17, 15) is 9.59 Å². The molecule has 7 nitrogen and oxygen atoms in total. The molecule has 1 aromatic carbocycles. The maximum Gasteiger partial charge on any atom is 0.411 e. The molecule has 0 radical (unpaired) electrons. The summed E-state index contributed by atoms with van der Waals surface area (Å²) in [5.41, 5.74) is 2.00. The van der Waals surface area contributed by atoms with Crippen molar-refractivity contribution in [1.29, 1.82) is 0 Å². The Morgan fingerprint density at radius 1 is 1.03 bits per heavy atom. The van der Waals surface area contributed by atoms with Gasteiger partial charge in [-0.05, 0) is 29.1 Å². The van der Waals surface area contributed by atoms with Crippen LogP contribution in [0.5, 0.6) is 0 Å². The number of hydrogen-bond donors (Lipinski definition) is 1. The number of carbonyl (C=O) groups excluding carboxylic acids is 2. The van der Waals surface area contributed by atoms with Crippen molar-refractivity contribution in [2.75, 3.05) is 6.61 Å². The van der Waals surface area contributed by atoms with Crippen molar-refractivity contribution in [2.24, 2.45) is 0 Å². The van der Waals surface area contributed by atoms with Crippen LogP contribution < -0.4 is 5.32 Å². The summed E-state index contributed by atoms with van der Waals surface area (Å²) in [6.45, 7) is 15.2. The fourth-order valence-corrected chi connectivity index (χ4v) is 10.7. The second-order valence-corrected chi connectivity index (χ2v) is 14.9. The van der Waals surface area contributed by atoms with Crippen LogP contribution in [-0.2, 0) is 18.7 Å². The van der Waals surface area contributed by atoms with E-state index in [0.717, 1.165) is 5.56 Å². The number of hydrogen-bond acceptors (Lipinski definition) is 5. The summed E-state index contributed by atoms with van der Waals surface area (Å²) in [5.74, 6) is -0.275. The van der Waals surface area contributed by atoms with Crippen LogP contribution in [0.1, 0.15) is 60.1 Å². The fraction of sp³-hybridized carbons (Fsp3) is 0.652. The maximum atomic E-state index is 13.2. The molecule has 0 aromatic heterocycles. The van der Waals surface area contributed by atoms with E-state index in [-0.39, 0.29) is 18.6 Å². The average Bonchev–Trinajstić information content (AvgIpc) is 3.06. The monoisotopic (exact) mass is 448 g/mol. The van der Waals surface area contributed by atoms with E-state index in [1.54, 1.807) is 0 Å². The minimum absolute atomic E-state index is 0.212. The molecule has 8 heteroatoms. The Morgan fingerprint density at radius 2 is 1.61 bits per heavy atom. The molecule has 2 fully saturated rings. The predicted molar refractivity (Wildman–Crippen MR) is 121 cm³/mol. The normalized spacial score (nSPS) is 27.2. The van der Waals surface area contributed by atoms with Crippen LogP contribution in [-0.4, -0.2) is 50.4 Å². The lowest BCUT2D eigenvalue weighted by atomic mass is 10.0. The third-order valence-corrected chi connectivity index (χ3v) is 12.8. The molecule has 0 bridgehead atoms. The summed E-state index contributed by atoms with van der Waals surface area (Å²) >= 11 is 0. The minimum Gasteiger partial charge on any atom is -0.447 e. The smallest absolute Gasteiger partial charge is 0.411 e. The van der Waals surface area contributed by atoms with Crippen molar-refractivity contribution in [3.8, 4) is 0 Å². The van der Waals surface area contributed by atoms with Crippen molar-refractivity contribution in [3.63, 3.8) is 0 Å². The molecule has 31 heavy (non-hydrogen) atoms. The number of cyclic esters (lactones) is 1. The van der Waals surface area contributed by atoms with E-state index in [0.29, 0.717) is 16.6 Å². The average molecular weight is 449 g/mol. The third-order valence-electron chi connectivity index (χ3n) is 6.73. The van der Waals surface area contributed by atoms with Crippen LogP contribution >= 0.6 is 0 Å². The number of benzene rings is 1. The van der Waals surface area contributed by atoms with Gasteiger partial charge in [0.15, 0.2) is 0 Å². The SMILES string of the molecule is CC1O[C@H](O[Si](C(C)C)(C(C)C)C(C)C)NC(=O)C1N1C(=O)OC[C@@H]1c1ccccc1. The van der Waals surface area contributed by atoms with Gasteiger partial charge in [-0.1, -0.05) is 71.9 Å². The number of nitrogens with zero attached hydrogens (tertiary/aromatic N) is 1. The number of amides is 2. The number of carbonyl (C=O) groups is 2. The first-order chi connectivity index (χ1) is 14.6. The molecule has 3 rings (SSSR count).